The lowest BCUT2D eigenvalue weighted by molar-refractivity contribution is 0.0953. The van der Waals surface area contributed by atoms with Crippen molar-refractivity contribution in [2.24, 2.45) is 5.92 Å². The fraction of sp³-hybridized carbons (Fsp3) is 0.292. The molecule has 148 valence electrons. The molecule has 0 amide bonds. The van der Waals surface area contributed by atoms with Gasteiger partial charge in [-0.15, -0.1) is 0 Å². The number of rotatable bonds is 4. The fourth-order valence-corrected chi connectivity index (χ4v) is 3.70. The largest absolute Gasteiger partial charge is 0.339 e. The third kappa shape index (κ3) is 3.99. The van der Waals surface area contributed by atoms with Crippen LogP contribution >= 0.6 is 0 Å². The monoisotopic (exact) mass is 386 g/mol. The van der Waals surface area contributed by atoms with Crippen LogP contribution in [0.2, 0.25) is 0 Å². The summed E-state index contributed by atoms with van der Waals surface area (Å²) >= 11 is 0. The van der Waals surface area contributed by atoms with Crippen molar-refractivity contribution in [2.45, 2.75) is 40.5 Å². The first-order chi connectivity index (χ1) is 13.9. The molecule has 3 aromatic rings. The molecule has 2 aromatic carbocycles. The molecule has 1 aromatic heterocycles. The molecular weight excluding hydrogens is 360 g/mol. The minimum absolute atomic E-state index is 0.104. The molecule has 1 atom stereocenters. The van der Waals surface area contributed by atoms with Crippen LogP contribution in [0.25, 0.3) is 0 Å². The van der Waals surface area contributed by atoms with E-state index in [1.807, 2.05) is 37.3 Å². The Morgan fingerprint density at radius 2 is 1.69 bits per heavy atom. The van der Waals surface area contributed by atoms with Crippen LogP contribution in [0.3, 0.4) is 0 Å². The second-order valence-electron chi connectivity index (χ2n) is 8.02. The maximum Gasteiger partial charge on any atom is 0.229 e. The van der Waals surface area contributed by atoms with Crippen LogP contribution in [0.4, 0.5) is 23.1 Å². The van der Waals surface area contributed by atoms with E-state index in [4.69, 9.17) is 9.97 Å². The lowest BCUT2D eigenvalue weighted by Crippen LogP contribution is -2.22. The van der Waals surface area contributed by atoms with Gasteiger partial charge in [0.05, 0.1) is 11.3 Å². The Morgan fingerprint density at radius 3 is 2.45 bits per heavy atom. The molecule has 0 saturated carbocycles. The standard InChI is InChI=1S/C24H26N4O/c1-14-11-20-22(21(29)12-14)23(26-19-8-6-5-7-16(19)3)28-24(27-20)25-18-10-9-15(2)17(4)13-18/h5-10,13-14H,11-12H2,1-4H3,(H2,25,26,27,28). The lowest BCUT2D eigenvalue weighted by Gasteiger charge is -2.23. The van der Waals surface area contributed by atoms with Gasteiger partial charge in [0.25, 0.3) is 0 Å². The molecule has 0 fully saturated rings. The van der Waals surface area contributed by atoms with E-state index in [0.29, 0.717) is 23.8 Å². The van der Waals surface area contributed by atoms with Gasteiger partial charge in [-0.1, -0.05) is 31.2 Å². The molecule has 0 saturated heterocycles. The summed E-state index contributed by atoms with van der Waals surface area (Å²) < 4.78 is 0. The van der Waals surface area contributed by atoms with Gasteiger partial charge in [-0.2, -0.15) is 4.98 Å². The van der Waals surface area contributed by atoms with Gasteiger partial charge in [0.1, 0.15) is 5.82 Å². The van der Waals surface area contributed by atoms with Crippen molar-refractivity contribution in [3.8, 4) is 0 Å². The quantitative estimate of drug-likeness (QED) is 0.606. The number of ketones is 1. The van der Waals surface area contributed by atoms with E-state index >= 15 is 0 Å². The number of nitrogens with zero attached hydrogens (tertiary/aromatic N) is 2. The molecule has 5 nitrogen and oxygen atoms in total. The van der Waals surface area contributed by atoms with Crippen molar-refractivity contribution < 1.29 is 4.79 Å². The van der Waals surface area contributed by atoms with E-state index in [2.05, 4.69) is 43.5 Å². The van der Waals surface area contributed by atoms with Crippen LogP contribution in [0.1, 0.15) is 46.1 Å². The first-order valence-electron chi connectivity index (χ1n) is 10.0. The molecule has 1 unspecified atom stereocenters. The van der Waals surface area contributed by atoms with Gasteiger partial charge in [-0.25, -0.2) is 4.98 Å². The lowest BCUT2D eigenvalue weighted by atomic mass is 9.87. The maximum absolute atomic E-state index is 12.8. The molecule has 0 radical (unpaired) electrons. The second kappa shape index (κ2) is 7.66. The summed E-state index contributed by atoms with van der Waals surface area (Å²) in [6, 6.07) is 14.2. The Bertz CT molecular complexity index is 1090. The predicted molar refractivity (Wildman–Crippen MR) is 118 cm³/mol. The van der Waals surface area contributed by atoms with Crippen molar-refractivity contribution >= 4 is 28.9 Å². The van der Waals surface area contributed by atoms with Crippen molar-refractivity contribution in [3.05, 3.63) is 70.4 Å². The summed E-state index contributed by atoms with van der Waals surface area (Å²) in [6.45, 7) is 8.30. The highest BCUT2D eigenvalue weighted by Crippen LogP contribution is 2.32. The predicted octanol–water partition coefficient (Wildman–Crippen LogP) is 5.65. The normalized spacial score (nSPS) is 15.7. The molecule has 0 bridgehead atoms. The third-order valence-corrected chi connectivity index (χ3v) is 5.50. The van der Waals surface area contributed by atoms with Crippen LogP contribution in [0.5, 0.6) is 0 Å². The Morgan fingerprint density at radius 1 is 0.897 bits per heavy atom. The Balaban J connectivity index is 1.77. The number of nitrogens with one attached hydrogen (secondary N) is 2. The number of aryl methyl sites for hydroxylation is 3. The van der Waals surface area contributed by atoms with Crippen molar-refractivity contribution in [1.29, 1.82) is 0 Å². The molecule has 1 heterocycles. The fourth-order valence-electron chi connectivity index (χ4n) is 3.70. The van der Waals surface area contributed by atoms with Gasteiger partial charge in [0.15, 0.2) is 5.78 Å². The third-order valence-electron chi connectivity index (χ3n) is 5.50. The van der Waals surface area contributed by atoms with E-state index in [9.17, 15) is 4.79 Å². The van der Waals surface area contributed by atoms with Gasteiger partial charge >= 0.3 is 0 Å². The molecule has 4 rings (SSSR count). The number of Topliss-reactive ketones (excluding diaryl/α,β-unsaturated/α-hetero) is 1. The van der Waals surface area contributed by atoms with Gasteiger partial charge in [-0.05, 0) is 68.0 Å². The van der Waals surface area contributed by atoms with Crippen LogP contribution in [-0.2, 0) is 6.42 Å². The number of hydrogen-bond donors (Lipinski definition) is 2. The van der Waals surface area contributed by atoms with E-state index in [1.165, 1.54) is 11.1 Å². The zero-order valence-corrected chi connectivity index (χ0v) is 17.3. The topological polar surface area (TPSA) is 66.9 Å². The molecule has 29 heavy (non-hydrogen) atoms. The summed E-state index contributed by atoms with van der Waals surface area (Å²) in [5, 5.41) is 6.70. The van der Waals surface area contributed by atoms with Gasteiger partial charge < -0.3 is 10.6 Å². The Kier molecular flexibility index (Phi) is 5.05. The molecule has 2 N–H and O–H groups in total. The second-order valence-corrected chi connectivity index (χ2v) is 8.02. The van der Waals surface area contributed by atoms with Gasteiger partial charge in [-0.3, -0.25) is 4.79 Å². The van der Waals surface area contributed by atoms with Crippen LogP contribution in [0, 0.1) is 26.7 Å². The maximum atomic E-state index is 12.8. The van der Waals surface area contributed by atoms with Crippen molar-refractivity contribution in [1.82, 2.24) is 9.97 Å². The number of aromatic nitrogens is 2. The van der Waals surface area contributed by atoms with Crippen molar-refractivity contribution in [2.75, 3.05) is 10.6 Å². The molecule has 1 aliphatic carbocycles. The van der Waals surface area contributed by atoms with E-state index in [1.54, 1.807) is 0 Å². The summed E-state index contributed by atoms with van der Waals surface area (Å²) in [5.74, 6) is 1.47. The minimum Gasteiger partial charge on any atom is -0.339 e. The minimum atomic E-state index is 0.104. The first-order valence-corrected chi connectivity index (χ1v) is 10.0. The number of anilines is 4. The van der Waals surface area contributed by atoms with E-state index < -0.39 is 0 Å². The molecule has 5 heteroatoms. The number of fused-ring (bicyclic) bond motifs is 1. The van der Waals surface area contributed by atoms with Crippen LogP contribution in [0.15, 0.2) is 42.5 Å². The summed E-state index contributed by atoms with van der Waals surface area (Å²) in [7, 11) is 0. The van der Waals surface area contributed by atoms with E-state index in [-0.39, 0.29) is 11.7 Å². The number of para-hydroxylation sites is 1. The van der Waals surface area contributed by atoms with Crippen molar-refractivity contribution in [3.63, 3.8) is 0 Å². The Labute approximate surface area is 171 Å². The van der Waals surface area contributed by atoms with Gasteiger partial charge in [0, 0.05) is 17.8 Å². The summed E-state index contributed by atoms with van der Waals surface area (Å²) in [6.07, 6.45) is 1.30. The summed E-state index contributed by atoms with van der Waals surface area (Å²) in [4.78, 5) is 22.2. The molecule has 0 spiro atoms. The number of hydrogen-bond acceptors (Lipinski definition) is 5. The highest BCUT2D eigenvalue weighted by Gasteiger charge is 2.28. The van der Waals surface area contributed by atoms with Gasteiger partial charge in [0.2, 0.25) is 5.95 Å². The number of carbonyl (C=O) groups excluding carboxylic acids is 1. The molecule has 0 aliphatic heterocycles. The Hall–Kier alpha value is -3.21. The van der Waals surface area contributed by atoms with E-state index in [0.717, 1.165) is 29.1 Å². The highest BCUT2D eigenvalue weighted by molar-refractivity contribution is 6.03. The summed E-state index contributed by atoms with van der Waals surface area (Å²) in [5.41, 5.74) is 6.85. The number of benzene rings is 2. The van der Waals surface area contributed by atoms with Crippen LogP contribution < -0.4 is 10.6 Å². The smallest absolute Gasteiger partial charge is 0.229 e. The average Bonchev–Trinajstić information content (AvgIpc) is 2.66. The highest BCUT2D eigenvalue weighted by atomic mass is 16.1. The zero-order valence-electron chi connectivity index (χ0n) is 17.3. The SMILES string of the molecule is Cc1ccc(Nc2nc3c(c(Nc4ccccc4C)n2)C(=O)CC(C)C3)cc1C. The van der Waals surface area contributed by atoms with Crippen LogP contribution in [-0.4, -0.2) is 15.8 Å². The molecule has 1 aliphatic rings. The zero-order chi connectivity index (χ0) is 20.5. The number of carbonyl (C=O) groups is 1. The molecular formula is C24H26N4O. The first kappa shape index (κ1) is 19.1. The average molecular weight is 386 g/mol.